The third-order valence-corrected chi connectivity index (χ3v) is 3.13. The number of carbonyl (C=O) groups is 2. The largest absolute Gasteiger partial charge is 0.324 e. The number of aldehydes is 1. The van der Waals surface area contributed by atoms with Crippen molar-refractivity contribution >= 4 is 39.3 Å². The third-order valence-electron chi connectivity index (χ3n) is 2.03. The molecule has 4 heteroatoms. The van der Waals surface area contributed by atoms with E-state index in [2.05, 4.69) is 5.32 Å². The maximum atomic E-state index is 11.0. The summed E-state index contributed by atoms with van der Waals surface area (Å²) in [6.07, 6.45) is 0.774. The van der Waals surface area contributed by atoms with Gasteiger partial charge in [-0.1, -0.05) is 18.2 Å². The van der Waals surface area contributed by atoms with E-state index in [1.54, 1.807) is 0 Å². The zero-order valence-electron chi connectivity index (χ0n) is 8.11. The summed E-state index contributed by atoms with van der Waals surface area (Å²) in [5.74, 6) is -0.165. The summed E-state index contributed by atoms with van der Waals surface area (Å²) >= 11 is 1.38. The second-order valence-corrected chi connectivity index (χ2v) is 4.22. The van der Waals surface area contributed by atoms with Crippen LogP contribution in [-0.2, 0) is 4.79 Å². The third kappa shape index (κ3) is 1.76. The van der Waals surface area contributed by atoms with Crippen molar-refractivity contribution in [3.05, 3.63) is 29.1 Å². The van der Waals surface area contributed by atoms with Crippen LogP contribution in [0, 0.1) is 0 Å². The van der Waals surface area contributed by atoms with Crippen molar-refractivity contribution in [1.82, 2.24) is 0 Å². The van der Waals surface area contributed by atoms with Crippen LogP contribution in [0.5, 0.6) is 0 Å². The van der Waals surface area contributed by atoms with Gasteiger partial charge in [-0.15, -0.1) is 11.3 Å². The molecule has 0 aliphatic heterocycles. The number of benzene rings is 1. The first kappa shape index (κ1) is 9.86. The van der Waals surface area contributed by atoms with Gasteiger partial charge in [0, 0.05) is 17.0 Å². The summed E-state index contributed by atoms with van der Waals surface area (Å²) < 4.78 is 1.00. The summed E-state index contributed by atoms with van der Waals surface area (Å²) in [4.78, 5) is 22.4. The Morgan fingerprint density at radius 2 is 2.13 bits per heavy atom. The minimum atomic E-state index is -0.165. The maximum absolute atomic E-state index is 11.0. The molecule has 1 heterocycles. The molecule has 15 heavy (non-hydrogen) atoms. The number of hydrogen-bond acceptors (Lipinski definition) is 3. The summed E-state index contributed by atoms with van der Waals surface area (Å²) in [6, 6.07) is 7.61. The predicted octanol–water partition coefficient (Wildman–Crippen LogP) is 2.67. The minimum absolute atomic E-state index is 0.165. The van der Waals surface area contributed by atoms with Gasteiger partial charge in [-0.05, 0) is 6.07 Å². The second-order valence-electron chi connectivity index (χ2n) is 3.14. The number of nitrogens with one attached hydrogen (secondary N) is 1. The monoisotopic (exact) mass is 219 g/mol. The number of fused-ring (bicyclic) bond motifs is 1. The molecule has 1 aromatic heterocycles. The first-order valence-electron chi connectivity index (χ1n) is 4.46. The van der Waals surface area contributed by atoms with Crippen molar-refractivity contribution < 1.29 is 9.59 Å². The Bertz CT molecular complexity index is 530. The van der Waals surface area contributed by atoms with Crippen molar-refractivity contribution in [2.45, 2.75) is 6.92 Å². The molecule has 0 saturated heterocycles. The lowest BCUT2D eigenvalue weighted by molar-refractivity contribution is -0.114. The van der Waals surface area contributed by atoms with Gasteiger partial charge in [0.1, 0.15) is 0 Å². The average Bonchev–Trinajstić information content (AvgIpc) is 2.56. The van der Waals surface area contributed by atoms with E-state index >= 15 is 0 Å². The van der Waals surface area contributed by atoms with Crippen molar-refractivity contribution in [1.29, 1.82) is 0 Å². The molecule has 0 spiro atoms. The van der Waals surface area contributed by atoms with Gasteiger partial charge < -0.3 is 5.32 Å². The zero-order chi connectivity index (χ0) is 10.8. The highest BCUT2D eigenvalue weighted by Crippen LogP contribution is 2.34. The van der Waals surface area contributed by atoms with Gasteiger partial charge in [0.2, 0.25) is 5.91 Å². The van der Waals surface area contributed by atoms with Crippen molar-refractivity contribution in [2.75, 3.05) is 5.32 Å². The van der Waals surface area contributed by atoms with E-state index in [9.17, 15) is 9.59 Å². The van der Waals surface area contributed by atoms with Crippen LogP contribution in [0.15, 0.2) is 24.3 Å². The number of anilines is 1. The van der Waals surface area contributed by atoms with Crippen molar-refractivity contribution in [2.24, 2.45) is 0 Å². The van der Waals surface area contributed by atoms with Gasteiger partial charge in [0.05, 0.1) is 10.6 Å². The van der Waals surface area contributed by atoms with Crippen LogP contribution in [0.1, 0.15) is 16.6 Å². The Kier molecular flexibility index (Phi) is 2.51. The zero-order valence-corrected chi connectivity index (χ0v) is 8.93. The molecule has 0 aliphatic rings. The fraction of sp³-hybridized carbons (Fsp3) is 0.0909. The summed E-state index contributed by atoms with van der Waals surface area (Å²) in [5, 5.41) is 3.60. The maximum Gasteiger partial charge on any atom is 0.221 e. The number of hydrogen-bond donors (Lipinski definition) is 1. The van der Waals surface area contributed by atoms with Gasteiger partial charge >= 0.3 is 0 Å². The number of amides is 1. The van der Waals surface area contributed by atoms with E-state index in [4.69, 9.17) is 0 Å². The number of thiophene rings is 1. The molecule has 2 aromatic rings. The van der Waals surface area contributed by atoms with Crippen LogP contribution in [0.25, 0.3) is 10.1 Å². The smallest absolute Gasteiger partial charge is 0.221 e. The fourth-order valence-electron chi connectivity index (χ4n) is 1.45. The van der Waals surface area contributed by atoms with Crippen LogP contribution >= 0.6 is 11.3 Å². The topological polar surface area (TPSA) is 46.2 Å². The first-order chi connectivity index (χ1) is 7.22. The van der Waals surface area contributed by atoms with E-state index < -0.39 is 0 Å². The van der Waals surface area contributed by atoms with E-state index in [0.29, 0.717) is 10.6 Å². The molecule has 0 atom stereocenters. The molecular formula is C11H9NO2S. The molecule has 2 rings (SSSR count). The van der Waals surface area contributed by atoms with Gasteiger partial charge in [0.15, 0.2) is 6.29 Å². The fourth-order valence-corrected chi connectivity index (χ4v) is 2.43. The summed E-state index contributed by atoms with van der Waals surface area (Å²) in [5.41, 5.74) is 0.623. The molecular weight excluding hydrogens is 210 g/mol. The van der Waals surface area contributed by atoms with Crippen molar-refractivity contribution in [3.63, 3.8) is 0 Å². The second kappa shape index (κ2) is 3.82. The van der Waals surface area contributed by atoms with E-state index in [-0.39, 0.29) is 5.91 Å². The Morgan fingerprint density at radius 3 is 2.80 bits per heavy atom. The first-order valence-corrected chi connectivity index (χ1v) is 5.28. The Hall–Kier alpha value is -1.68. The molecule has 0 unspecified atom stereocenters. The summed E-state index contributed by atoms with van der Waals surface area (Å²) in [7, 11) is 0. The minimum Gasteiger partial charge on any atom is -0.324 e. The molecule has 0 fully saturated rings. The van der Waals surface area contributed by atoms with Gasteiger partial charge in [-0.3, -0.25) is 9.59 Å². The van der Waals surface area contributed by atoms with E-state index in [1.165, 1.54) is 18.3 Å². The van der Waals surface area contributed by atoms with E-state index in [0.717, 1.165) is 16.4 Å². The average molecular weight is 219 g/mol. The Labute approximate surface area is 90.7 Å². The van der Waals surface area contributed by atoms with Crippen LogP contribution in [0.4, 0.5) is 5.69 Å². The quantitative estimate of drug-likeness (QED) is 0.789. The highest BCUT2D eigenvalue weighted by atomic mass is 32.1. The molecule has 1 aromatic carbocycles. The van der Waals surface area contributed by atoms with Crippen LogP contribution < -0.4 is 5.32 Å². The van der Waals surface area contributed by atoms with Gasteiger partial charge in [0.25, 0.3) is 0 Å². The molecule has 76 valence electrons. The molecule has 0 radical (unpaired) electrons. The standard InChI is InChI=1S/C11H9NO2S/c1-7(14)12-11-8-4-2-3-5-9(8)15-10(11)6-13/h2-6H,1H3,(H,12,14). The Morgan fingerprint density at radius 1 is 1.40 bits per heavy atom. The van der Waals surface area contributed by atoms with E-state index in [1.807, 2.05) is 24.3 Å². The SMILES string of the molecule is CC(=O)Nc1c(C=O)sc2ccccc12. The van der Waals surface area contributed by atoms with Gasteiger partial charge in [-0.25, -0.2) is 0 Å². The normalized spacial score (nSPS) is 10.2. The number of rotatable bonds is 2. The number of carbonyl (C=O) groups excluding carboxylic acids is 2. The van der Waals surface area contributed by atoms with Crippen molar-refractivity contribution in [3.8, 4) is 0 Å². The molecule has 0 saturated carbocycles. The molecule has 1 N–H and O–H groups in total. The molecule has 0 aliphatic carbocycles. The molecule has 3 nitrogen and oxygen atoms in total. The lowest BCUT2D eigenvalue weighted by Crippen LogP contribution is -2.06. The molecule has 1 amide bonds. The lowest BCUT2D eigenvalue weighted by Gasteiger charge is -2.00. The molecule has 0 bridgehead atoms. The van der Waals surface area contributed by atoms with Gasteiger partial charge in [-0.2, -0.15) is 0 Å². The van der Waals surface area contributed by atoms with Crippen LogP contribution in [-0.4, -0.2) is 12.2 Å². The Balaban J connectivity index is 2.66. The highest BCUT2D eigenvalue weighted by molar-refractivity contribution is 7.21. The predicted molar refractivity (Wildman–Crippen MR) is 61.5 cm³/mol. The lowest BCUT2D eigenvalue weighted by atomic mass is 10.2. The highest BCUT2D eigenvalue weighted by Gasteiger charge is 2.11. The van der Waals surface area contributed by atoms with Crippen LogP contribution in [0.3, 0.4) is 0 Å². The van der Waals surface area contributed by atoms with Crippen LogP contribution in [0.2, 0.25) is 0 Å². The summed E-state index contributed by atoms with van der Waals surface area (Å²) in [6.45, 7) is 1.43.